The quantitative estimate of drug-likeness (QED) is 0.188. The summed E-state index contributed by atoms with van der Waals surface area (Å²) in [7, 11) is 2.69. The van der Waals surface area contributed by atoms with Crippen molar-refractivity contribution in [1.29, 1.82) is 0 Å². The minimum atomic E-state index is -0.752. The number of ether oxygens (including phenoxy) is 1. The van der Waals surface area contributed by atoms with Crippen molar-refractivity contribution in [3.05, 3.63) is 95.9 Å². The highest BCUT2D eigenvalue weighted by Gasteiger charge is 2.52. The first-order chi connectivity index (χ1) is 22.2. The third-order valence-corrected chi connectivity index (χ3v) is 8.25. The van der Waals surface area contributed by atoms with Crippen LogP contribution in [-0.2, 0) is 25.4 Å². The topological polar surface area (TPSA) is 132 Å². The molecule has 2 aromatic carbocycles. The zero-order chi connectivity index (χ0) is 33.9. The third kappa shape index (κ3) is 7.67. The number of anilines is 3. The van der Waals surface area contributed by atoms with Crippen molar-refractivity contribution in [2.45, 2.75) is 52.4 Å². The average molecular weight is 636 g/mol. The van der Waals surface area contributed by atoms with E-state index in [-0.39, 0.29) is 18.4 Å². The van der Waals surface area contributed by atoms with Crippen molar-refractivity contribution in [2.24, 2.45) is 0 Å². The van der Waals surface area contributed by atoms with E-state index in [1.165, 1.54) is 11.8 Å². The summed E-state index contributed by atoms with van der Waals surface area (Å²) >= 11 is 0. The van der Waals surface area contributed by atoms with Gasteiger partial charge in [0, 0.05) is 43.9 Å². The lowest BCUT2D eigenvalue weighted by Gasteiger charge is -2.32. The second-order valence-electron chi connectivity index (χ2n) is 12.5. The molecule has 47 heavy (non-hydrogen) atoms. The van der Waals surface area contributed by atoms with Gasteiger partial charge in [-0.15, -0.1) is 0 Å². The summed E-state index contributed by atoms with van der Waals surface area (Å²) in [6.45, 7) is 9.15. The first kappa shape index (κ1) is 33.3. The molecule has 2 aromatic heterocycles. The Hall–Kier alpha value is -5.07. The number of amides is 2. The fourth-order valence-corrected chi connectivity index (χ4v) is 4.87. The second kappa shape index (κ2) is 13.3. The van der Waals surface area contributed by atoms with Gasteiger partial charge < -0.3 is 29.6 Å². The van der Waals surface area contributed by atoms with Gasteiger partial charge in [-0.05, 0) is 86.7 Å². The monoisotopic (exact) mass is 635 g/mol. The molecule has 4 aromatic rings. The minimum absolute atomic E-state index is 0.0212. The standard InChI is InChI=1S/C35H38BN5O6/c1-22(42)45-21-27-13-12-25(16-30(27)36-46-34(2,3)35(4,5)47-36)32(43)40-29-17-28(19-37-20-29)39-31-15-14-26(18-38-31)23-8-10-24(11-9-23)33(44)41(6)7/h8-20H,21H2,1-7H3,(H,38,39)(H,40,43). The maximum atomic E-state index is 13.4. The Morgan fingerprint density at radius 1 is 0.830 bits per heavy atom. The van der Waals surface area contributed by atoms with Gasteiger partial charge in [0.25, 0.3) is 11.8 Å². The number of nitrogens with one attached hydrogen (secondary N) is 2. The number of hydrogen-bond donors (Lipinski definition) is 2. The molecule has 242 valence electrons. The number of aromatic nitrogens is 2. The molecule has 0 unspecified atom stereocenters. The molecule has 2 N–H and O–H groups in total. The van der Waals surface area contributed by atoms with Gasteiger partial charge in [-0.25, -0.2) is 4.98 Å². The van der Waals surface area contributed by atoms with Gasteiger partial charge >= 0.3 is 13.1 Å². The van der Waals surface area contributed by atoms with Gasteiger partial charge in [-0.2, -0.15) is 0 Å². The largest absolute Gasteiger partial charge is 0.495 e. The first-order valence-electron chi connectivity index (χ1n) is 15.2. The van der Waals surface area contributed by atoms with Gasteiger partial charge in [0.15, 0.2) is 0 Å². The van der Waals surface area contributed by atoms with Gasteiger partial charge in [-0.3, -0.25) is 19.4 Å². The Morgan fingerprint density at radius 3 is 2.09 bits per heavy atom. The Morgan fingerprint density at radius 2 is 1.47 bits per heavy atom. The number of esters is 1. The first-order valence-corrected chi connectivity index (χ1v) is 15.2. The molecule has 1 saturated heterocycles. The molecule has 2 amide bonds. The van der Waals surface area contributed by atoms with Crippen LogP contribution in [0.25, 0.3) is 11.1 Å². The van der Waals surface area contributed by atoms with E-state index >= 15 is 0 Å². The van der Waals surface area contributed by atoms with Crippen LogP contribution < -0.4 is 16.1 Å². The molecule has 12 heteroatoms. The third-order valence-electron chi connectivity index (χ3n) is 8.25. The van der Waals surface area contributed by atoms with Crippen molar-refractivity contribution in [1.82, 2.24) is 14.9 Å². The molecule has 0 aliphatic carbocycles. The lowest BCUT2D eigenvalue weighted by atomic mass is 9.75. The van der Waals surface area contributed by atoms with E-state index in [0.29, 0.717) is 39.3 Å². The zero-order valence-corrected chi connectivity index (χ0v) is 27.6. The Kier molecular flexibility index (Phi) is 9.46. The molecule has 1 aliphatic rings. The number of benzene rings is 2. The van der Waals surface area contributed by atoms with E-state index in [1.54, 1.807) is 69.1 Å². The molecular weight excluding hydrogens is 597 g/mol. The van der Waals surface area contributed by atoms with Crippen LogP contribution in [-0.4, -0.2) is 65.1 Å². The predicted octanol–water partition coefficient (Wildman–Crippen LogP) is 5.20. The van der Waals surface area contributed by atoms with Crippen LogP contribution in [0.1, 0.15) is 60.9 Å². The number of nitrogens with zero attached hydrogens (tertiary/aromatic N) is 3. The molecule has 0 spiro atoms. The number of pyridine rings is 2. The summed E-state index contributed by atoms with van der Waals surface area (Å²) in [5.74, 6) is -0.236. The fourth-order valence-electron chi connectivity index (χ4n) is 4.87. The molecule has 0 saturated carbocycles. The number of hydrogen-bond acceptors (Lipinski definition) is 9. The maximum Gasteiger partial charge on any atom is 0.495 e. The van der Waals surface area contributed by atoms with E-state index < -0.39 is 24.3 Å². The minimum Gasteiger partial charge on any atom is -0.461 e. The lowest BCUT2D eigenvalue weighted by molar-refractivity contribution is -0.142. The van der Waals surface area contributed by atoms with Crippen molar-refractivity contribution in [2.75, 3.05) is 24.7 Å². The van der Waals surface area contributed by atoms with Crippen LogP contribution in [0.15, 0.2) is 79.3 Å². The summed E-state index contributed by atoms with van der Waals surface area (Å²) in [6, 6.07) is 18.0. The molecule has 0 bridgehead atoms. The van der Waals surface area contributed by atoms with Crippen molar-refractivity contribution < 1.29 is 28.4 Å². The van der Waals surface area contributed by atoms with Crippen LogP contribution in [0.5, 0.6) is 0 Å². The normalized spacial score (nSPS) is 14.7. The highest BCUT2D eigenvalue weighted by atomic mass is 16.7. The molecule has 5 rings (SSSR count). The van der Waals surface area contributed by atoms with E-state index in [0.717, 1.165) is 11.1 Å². The number of carbonyl (C=O) groups excluding carboxylic acids is 3. The molecule has 0 radical (unpaired) electrons. The van der Waals surface area contributed by atoms with Crippen LogP contribution in [0, 0.1) is 0 Å². The number of carbonyl (C=O) groups is 3. The summed E-state index contributed by atoms with van der Waals surface area (Å²) in [5.41, 5.74) is 4.03. The lowest BCUT2D eigenvalue weighted by Crippen LogP contribution is -2.41. The van der Waals surface area contributed by atoms with Crippen molar-refractivity contribution in [3.8, 4) is 11.1 Å². The highest BCUT2D eigenvalue weighted by Crippen LogP contribution is 2.37. The average Bonchev–Trinajstić information content (AvgIpc) is 3.26. The molecule has 3 heterocycles. The molecule has 1 fully saturated rings. The Balaban J connectivity index is 1.28. The molecule has 11 nitrogen and oxygen atoms in total. The SMILES string of the molecule is CC(=O)OCc1ccc(C(=O)Nc2cncc(Nc3ccc(-c4ccc(C(=O)N(C)C)cc4)cn3)c2)cc1B1OC(C)(C)C(C)(C)O1. The van der Waals surface area contributed by atoms with Crippen LogP contribution in [0.3, 0.4) is 0 Å². The smallest absolute Gasteiger partial charge is 0.461 e. The summed E-state index contributed by atoms with van der Waals surface area (Å²) < 4.78 is 17.7. The summed E-state index contributed by atoms with van der Waals surface area (Å²) in [4.78, 5) is 47.4. The van der Waals surface area contributed by atoms with Crippen LogP contribution in [0.4, 0.5) is 17.2 Å². The maximum absolute atomic E-state index is 13.4. The van der Waals surface area contributed by atoms with Gasteiger partial charge in [0.1, 0.15) is 12.4 Å². The molecule has 0 atom stereocenters. The van der Waals surface area contributed by atoms with E-state index in [2.05, 4.69) is 20.6 Å². The second-order valence-corrected chi connectivity index (χ2v) is 12.5. The van der Waals surface area contributed by atoms with Gasteiger partial charge in [-0.1, -0.05) is 18.2 Å². The number of rotatable bonds is 9. The summed E-state index contributed by atoms with van der Waals surface area (Å²) in [5, 5.41) is 6.11. The van der Waals surface area contributed by atoms with E-state index in [1.807, 2.05) is 52.0 Å². The molecule has 1 aliphatic heterocycles. The molecular formula is C35H38BN5O6. The Labute approximate surface area is 274 Å². The summed E-state index contributed by atoms with van der Waals surface area (Å²) in [6.07, 6.45) is 4.92. The van der Waals surface area contributed by atoms with E-state index in [9.17, 15) is 14.4 Å². The predicted molar refractivity (Wildman–Crippen MR) is 181 cm³/mol. The van der Waals surface area contributed by atoms with Crippen molar-refractivity contribution >= 4 is 47.6 Å². The van der Waals surface area contributed by atoms with Gasteiger partial charge in [0.2, 0.25) is 0 Å². The van der Waals surface area contributed by atoms with E-state index in [4.69, 9.17) is 14.0 Å². The fraction of sp³-hybridized carbons (Fsp3) is 0.286. The zero-order valence-electron chi connectivity index (χ0n) is 27.6. The highest BCUT2D eigenvalue weighted by molar-refractivity contribution is 6.62. The van der Waals surface area contributed by atoms with Crippen molar-refractivity contribution in [3.63, 3.8) is 0 Å². The van der Waals surface area contributed by atoms with Crippen LogP contribution >= 0.6 is 0 Å². The Bertz CT molecular complexity index is 1780. The van der Waals surface area contributed by atoms with Crippen LogP contribution in [0.2, 0.25) is 0 Å². The van der Waals surface area contributed by atoms with Gasteiger partial charge in [0.05, 0.1) is 35.0 Å².